The van der Waals surface area contributed by atoms with Crippen molar-refractivity contribution in [2.24, 2.45) is 0 Å². The molecule has 3 heteroatoms. The Hall–Kier alpha value is -0.0700. The highest BCUT2D eigenvalue weighted by Crippen LogP contribution is 2.68. The fourth-order valence-electron chi connectivity index (χ4n) is 0.996. The van der Waals surface area contributed by atoms with Crippen LogP contribution >= 0.6 is 18.5 Å². The summed E-state index contributed by atoms with van der Waals surface area (Å²) in [5.74, 6) is 0. The van der Waals surface area contributed by atoms with Gasteiger partial charge in [-0.05, 0) is 0 Å². The quantitative estimate of drug-likeness (QED) is 0.390. The van der Waals surface area contributed by atoms with Gasteiger partial charge in [0.2, 0.25) is 0 Å². The summed E-state index contributed by atoms with van der Waals surface area (Å²) in [5, 5.41) is 4.44. The maximum Gasteiger partial charge on any atom is 0.185 e. The molecule has 7 heavy (non-hydrogen) atoms. The zero-order valence-electron chi connectivity index (χ0n) is 3.34. The third kappa shape index (κ3) is 0.126. The van der Waals surface area contributed by atoms with Crippen LogP contribution in [0.5, 0.6) is 0 Å². The molecule has 1 aromatic heterocycles. The summed E-state index contributed by atoms with van der Waals surface area (Å²) in [6.45, 7) is 0. The Morgan fingerprint density at radius 3 is 2.57 bits per heavy atom. The minimum absolute atomic E-state index is 1.19. The highest BCUT2D eigenvalue weighted by molar-refractivity contribution is 8.11. The second kappa shape index (κ2) is 0.503. The predicted octanol–water partition coefficient (Wildman–Crippen LogP) is 0.0143. The molecule has 2 bridgehead atoms. The molecule has 3 aliphatic heterocycles. The minimum Gasteiger partial charge on any atom is -0.308 e. The highest BCUT2D eigenvalue weighted by atomic mass is 32.1. The molecule has 0 aliphatic carbocycles. The Labute approximate surface area is 44.3 Å². The van der Waals surface area contributed by atoms with Crippen LogP contribution in [-0.2, 0) is 4.57 Å². The number of hydrogen-bond acceptors (Lipinski definition) is 2. The number of rotatable bonds is 0. The molecule has 4 rings (SSSR count). The average molecular weight is 128 g/mol. The molecule has 0 amide bonds. The van der Waals surface area contributed by atoms with Crippen molar-refractivity contribution >= 4 is 33.7 Å². The van der Waals surface area contributed by atoms with Crippen molar-refractivity contribution < 1.29 is 4.57 Å². The van der Waals surface area contributed by atoms with Gasteiger partial charge in [-0.3, -0.25) is 0 Å². The molecule has 0 saturated carbocycles. The minimum atomic E-state index is -1.64. The van der Waals surface area contributed by atoms with Crippen LogP contribution in [0.1, 0.15) is 0 Å². The monoisotopic (exact) mass is 128 g/mol. The van der Waals surface area contributed by atoms with E-state index in [9.17, 15) is 4.57 Å². The lowest BCUT2D eigenvalue weighted by Gasteiger charge is -1.63. The molecule has 3 aliphatic rings. The first-order valence-corrected chi connectivity index (χ1v) is 4.67. The highest BCUT2D eigenvalue weighted by Gasteiger charge is 2.68. The molecule has 0 saturated heterocycles. The second-order valence-corrected chi connectivity index (χ2v) is 5.66. The van der Waals surface area contributed by atoms with Gasteiger partial charge >= 0.3 is 0 Å². The van der Waals surface area contributed by atoms with E-state index in [-0.39, 0.29) is 0 Å². The van der Waals surface area contributed by atoms with Crippen LogP contribution in [0.3, 0.4) is 0 Å². The molecule has 0 spiro atoms. The van der Waals surface area contributed by atoms with Gasteiger partial charge in [-0.15, -0.1) is 11.3 Å². The Kier molecular flexibility index (Phi) is 0.220. The molecule has 0 radical (unpaired) electrons. The van der Waals surface area contributed by atoms with Crippen molar-refractivity contribution in [3.8, 4) is 0 Å². The van der Waals surface area contributed by atoms with Crippen molar-refractivity contribution in [1.82, 2.24) is 0 Å². The normalized spacial score (nSPS) is 37.7. The van der Waals surface area contributed by atoms with Crippen LogP contribution in [0.25, 0.3) is 0 Å². The molecule has 4 heterocycles. The summed E-state index contributed by atoms with van der Waals surface area (Å²) in [7, 11) is -1.64. The van der Waals surface area contributed by atoms with Crippen LogP contribution in [0.2, 0.25) is 0 Å². The lowest BCUT2D eigenvalue weighted by atomic mass is 10.7. The molecule has 0 aromatic carbocycles. The van der Waals surface area contributed by atoms with Crippen LogP contribution in [0, 0.1) is 0 Å². The van der Waals surface area contributed by atoms with Crippen molar-refractivity contribution in [2.75, 3.05) is 0 Å². The summed E-state index contributed by atoms with van der Waals surface area (Å²) in [5.41, 5.74) is 0. The Morgan fingerprint density at radius 1 is 1.71 bits per heavy atom. The average Bonchev–Trinajstić information content (AvgIpc) is 2.38. The third-order valence-corrected chi connectivity index (χ3v) is 6.24. The Morgan fingerprint density at radius 2 is 2.43 bits per heavy atom. The first-order valence-electron chi connectivity index (χ1n) is 2.08. The maximum atomic E-state index is 11.0. The molecule has 0 N–H and O–H groups in total. The van der Waals surface area contributed by atoms with Crippen molar-refractivity contribution in [2.45, 2.75) is 0 Å². The fraction of sp³-hybridized carbons (Fsp3) is 0. The molecular formula is C4HOPS. The SMILES string of the molecule is O=P12c3csc1c32. The van der Waals surface area contributed by atoms with Crippen LogP contribution < -0.4 is 15.2 Å². The zero-order valence-corrected chi connectivity index (χ0v) is 5.05. The molecular weight excluding hydrogens is 127 g/mol. The van der Waals surface area contributed by atoms with Gasteiger partial charge in [0.25, 0.3) is 0 Å². The first kappa shape index (κ1) is 3.06. The van der Waals surface area contributed by atoms with Gasteiger partial charge in [-0.25, -0.2) is 0 Å². The molecule has 1 nitrogen and oxygen atoms in total. The topological polar surface area (TPSA) is 17.1 Å². The Balaban J connectivity index is 2.90. The van der Waals surface area contributed by atoms with E-state index >= 15 is 0 Å². The largest absolute Gasteiger partial charge is 0.308 e. The zero-order chi connectivity index (χ0) is 4.65. The van der Waals surface area contributed by atoms with Gasteiger partial charge in [-0.1, -0.05) is 0 Å². The maximum absolute atomic E-state index is 11.0. The van der Waals surface area contributed by atoms with Gasteiger partial charge in [-0.2, -0.15) is 0 Å². The van der Waals surface area contributed by atoms with E-state index in [1.54, 1.807) is 11.3 Å². The van der Waals surface area contributed by atoms with E-state index < -0.39 is 7.14 Å². The third-order valence-electron chi connectivity index (χ3n) is 1.57. The smallest absolute Gasteiger partial charge is 0.185 e. The molecule has 1 atom stereocenters. The van der Waals surface area contributed by atoms with E-state index in [0.717, 1.165) is 0 Å². The van der Waals surface area contributed by atoms with Crippen LogP contribution in [-0.4, -0.2) is 0 Å². The lowest BCUT2D eigenvalue weighted by Crippen LogP contribution is -1.92. The number of hydrogen-bond donors (Lipinski definition) is 0. The molecule has 1 unspecified atom stereocenters. The summed E-state index contributed by atoms with van der Waals surface area (Å²) >= 11 is 1.66. The predicted molar refractivity (Wildman–Crippen MR) is 30.8 cm³/mol. The Bertz CT molecular complexity index is 272. The number of thiophene rings is 1. The molecule has 34 valence electrons. The van der Waals surface area contributed by atoms with Gasteiger partial charge in [0.15, 0.2) is 7.14 Å². The van der Waals surface area contributed by atoms with E-state index in [1.165, 1.54) is 15.2 Å². The van der Waals surface area contributed by atoms with Gasteiger partial charge in [0.05, 0.1) is 9.92 Å². The first-order chi connectivity index (χ1) is 3.35. The van der Waals surface area contributed by atoms with Crippen LogP contribution in [0.15, 0.2) is 5.38 Å². The second-order valence-electron chi connectivity index (χ2n) is 1.88. The van der Waals surface area contributed by atoms with E-state index in [0.29, 0.717) is 0 Å². The van der Waals surface area contributed by atoms with Crippen molar-refractivity contribution in [3.05, 3.63) is 5.38 Å². The summed E-state index contributed by atoms with van der Waals surface area (Å²) < 4.78 is 12.2. The van der Waals surface area contributed by atoms with E-state index in [4.69, 9.17) is 0 Å². The summed E-state index contributed by atoms with van der Waals surface area (Å²) in [6.07, 6.45) is 0. The molecule has 1 aromatic rings. The van der Waals surface area contributed by atoms with E-state index in [2.05, 4.69) is 0 Å². The van der Waals surface area contributed by atoms with E-state index in [1.807, 2.05) is 5.38 Å². The van der Waals surface area contributed by atoms with Gasteiger partial charge in [0, 0.05) is 10.7 Å². The summed E-state index contributed by atoms with van der Waals surface area (Å²) in [4.78, 5) is 0. The lowest BCUT2D eigenvalue weighted by molar-refractivity contribution is 0.598. The standard InChI is InChI=1S/C4HOPS/c5-6-2-1-7-4(6)3(2)6/h1H. The fourth-order valence-corrected chi connectivity index (χ4v) is 6.01. The van der Waals surface area contributed by atoms with Crippen molar-refractivity contribution in [3.63, 3.8) is 0 Å². The van der Waals surface area contributed by atoms with Crippen molar-refractivity contribution in [1.29, 1.82) is 0 Å². The van der Waals surface area contributed by atoms with Gasteiger partial charge in [0.1, 0.15) is 0 Å². The number of fused-ring (bicyclic) bond motifs is 1. The summed E-state index contributed by atoms with van der Waals surface area (Å²) in [6, 6.07) is 0. The molecule has 0 fully saturated rings. The van der Waals surface area contributed by atoms with Crippen LogP contribution in [0.4, 0.5) is 0 Å². The van der Waals surface area contributed by atoms with Gasteiger partial charge < -0.3 is 4.57 Å².